The van der Waals surface area contributed by atoms with Gasteiger partial charge in [0, 0.05) is 19.8 Å². The molecule has 2 saturated heterocycles. The van der Waals surface area contributed by atoms with Crippen LogP contribution in [-0.2, 0) is 14.3 Å². The lowest BCUT2D eigenvalue weighted by atomic mass is 9.80. The van der Waals surface area contributed by atoms with Crippen LogP contribution in [0.25, 0.3) is 0 Å². The number of aliphatic carboxylic acids is 1. The van der Waals surface area contributed by atoms with E-state index in [0.717, 1.165) is 25.8 Å². The number of rotatable bonds is 5. The first-order valence-corrected chi connectivity index (χ1v) is 7.89. The topological polar surface area (TPSA) is 87.7 Å². The summed E-state index contributed by atoms with van der Waals surface area (Å²) in [4.78, 5) is 23.8. The van der Waals surface area contributed by atoms with E-state index >= 15 is 0 Å². The Hall–Kier alpha value is -1.14. The minimum absolute atomic E-state index is 0.0692. The van der Waals surface area contributed by atoms with Gasteiger partial charge in [-0.15, -0.1) is 0 Å². The van der Waals surface area contributed by atoms with E-state index in [-0.39, 0.29) is 18.5 Å². The van der Waals surface area contributed by atoms with Crippen molar-refractivity contribution in [3.63, 3.8) is 0 Å². The molecule has 2 aliphatic heterocycles. The summed E-state index contributed by atoms with van der Waals surface area (Å²) >= 11 is 0. The third-order valence-corrected chi connectivity index (χ3v) is 4.91. The second kappa shape index (κ2) is 7.22. The molecule has 120 valence electrons. The second-order valence-electron chi connectivity index (χ2n) is 6.22. The minimum atomic E-state index is -0.868. The van der Waals surface area contributed by atoms with Gasteiger partial charge in [0.05, 0.1) is 11.5 Å². The Balaban J connectivity index is 1.88. The molecular weight excluding hydrogens is 272 g/mol. The van der Waals surface area contributed by atoms with Crippen LogP contribution in [0.4, 0.5) is 0 Å². The van der Waals surface area contributed by atoms with Crippen LogP contribution in [0.5, 0.6) is 0 Å². The predicted octanol–water partition coefficient (Wildman–Crippen LogP) is 0.762. The van der Waals surface area contributed by atoms with Crippen LogP contribution in [0.15, 0.2) is 0 Å². The zero-order valence-corrected chi connectivity index (χ0v) is 12.7. The number of nitrogens with one attached hydrogen (secondary N) is 2. The average molecular weight is 298 g/mol. The standard InChI is InChI=1S/C15H26N2O4/c1-2-11-3-6-16-12(9-11)13(18)17-10-15(14(19)20)4-7-21-8-5-15/h11-12,16H,2-10H2,1H3,(H,17,18)(H,19,20). The molecule has 2 atom stereocenters. The molecule has 0 aliphatic carbocycles. The lowest BCUT2D eigenvalue weighted by molar-refractivity contribution is -0.154. The lowest BCUT2D eigenvalue weighted by Crippen LogP contribution is -2.53. The minimum Gasteiger partial charge on any atom is -0.481 e. The molecule has 21 heavy (non-hydrogen) atoms. The summed E-state index contributed by atoms with van der Waals surface area (Å²) in [6, 6.07) is -0.186. The van der Waals surface area contributed by atoms with Gasteiger partial charge in [0.25, 0.3) is 0 Å². The molecule has 2 aliphatic rings. The molecule has 0 aromatic heterocycles. The van der Waals surface area contributed by atoms with Crippen molar-refractivity contribution in [1.29, 1.82) is 0 Å². The van der Waals surface area contributed by atoms with Gasteiger partial charge in [-0.3, -0.25) is 9.59 Å². The monoisotopic (exact) mass is 298 g/mol. The second-order valence-corrected chi connectivity index (χ2v) is 6.22. The first-order valence-electron chi connectivity index (χ1n) is 7.89. The van der Waals surface area contributed by atoms with Crippen molar-refractivity contribution in [2.45, 2.75) is 45.1 Å². The van der Waals surface area contributed by atoms with Crippen LogP contribution in [0.2, 0.25) is 0 Å². The van der Waals surface area contributed by atoms with E-state index in [9.17, 15) is 14.7 Å². The van der Waals surface area contributed by atoms with Gasteiger partial charge in [-0.25, -0.2) is 0 Å². The van der Waals surface area contributed by atoms with Crippen LogP contribution in [0.3, 0.4) is 0 Å². The van der Waals surface area contributed by atoms with Crippen molar-refractivity contribution < 1.29 is 19.4 Å². The summed E-state index contributed by atoms with van der Waals surface area (Å²) in [6.07, 6.45) is 3.95. The summed E-state index contributed by atoms with van der Waals surface area (Å²) < 4.78 is 5.24. The highest BCUT2D eigenvalue weighted by Crippen LogP contribution is 2.30. The number of amides is 1. The fourth-order valence-corrected chi connectivity index (χ4v) is 3.17. The van der Waals surface area contributed by atoms with Crippen molar-refractivity contribution in [1.82, 2.24) is 10.6 Å². The molecular formula is C15H26N2O4. The average Bonchev–Trinajstić information content (AvgIpc) is 2.53. The van der Waals surface area contributed by atoms with Gasteiger partial charge in [0.1, 0.15) is 0 Å². The van der Waals surface area contributed by atoms with E-state index in [1.54, 1.807) is 0 Å². The van der Waals surface area contributed by atoms with Crippen molar-refractivity contribution in [3.8, 4) is 0 Å². The molecule has 0 radical (unpaired) electrons. The first-order chi connectivity index (χ1) is 10.1. The molecule has 0 bridgehead atoms. The quantitative estimate of drug-likeness (QED) is 0.697. The molecule has 6 nitrogen and oxygen atoms in total. The molecule has 0 saturated carbocycles. The van der Waals surface area contributed by atoms with E-state index in [1.165, 1.54) is 0 Å². The summed E-state index contributed by atoms with van der Waals surface area (Å²) in [5.41, 5.74) is -0.868. The van der Waals surface area contributed by atoms with Crippen molar-refractivity contribution >= 4 is 11.9 Å². The van der Waals surface area contributed by atoms with Crippen LogP contribution in [0.1, 0.15) is 39.0 Å². The number of carbonyl (C=O) groups is 2. The third-order valence-electron chi connectivity index (χ3n) is 4.91. The molecule has 2 unspecified atom stereocenters. The molecule has 1 amide bonds. The highest BCUT2D eigenvalue weighted by atomic mass is 16.5. The Labute approximate surface area is 125 Å². The van der Waals surface area contributed by atoms with Crippen LogP contribution in [-0.4, -0.2) is 49.3 Å². The van der Waals surface area contributed by atoms with Crippen molar-refractivity contribution in [2.75, 3.05) is 26.3 Å². The number of carboxylic acid groups (broad SMARTS) is 1. The zero-order valence-electron chi connectivity index (χ0n) is 12.7. The molecule has 6 heteroatoms. The fourth-order valence-electron chi connectivity index (χ4n) is 3.17. The predicted molar refractivity (Wildman–Crippen MR) is 77.9 cm³/mol. The van der Waals surface area contributed by atoms with Gasteiger partial charge >= 0.3 is 5.97 Å². The number of ether oxygens (including phenoxy) is 1. The van der Waals surface area contributed by atoms with Crippen LogP contribution < -0.4 is 10.6 Å². The largest absolute Gasteiger partial charge is 0.481 e. The van der Waals surface area contributed by atoms with E-state index < -0.39 is 11.4 Å². The van der Waals surface area contributed by atoms with Crippen molar-refractivity contribution in [2.24, 2.45) is 11.3 Å². The van der Waals surface area contributed by atoms with E-state index in [2.05, 4.69) is 17.6 Å². The Bertz CT molecular complexity index is 380. The van der Waals surface area contributed by atoms with Gasteiger partial charge in [-0.05, 0) is 38.1 Å². The fraction of sp³-hybridized carbons (Fsp3) is 0.867. The summed E-state index contributed by atoms with van der Waals surface area (Å²) in [7, 11) is 0. The Morgan fingerprint density at radius 2 is 2.10 bits per heavy atom. The SMILES string of the molecule is CCC1CCNC(C(=O)NCC2(C(=O)O)CCOCC2)C1. The summed E-state index contributed by atoms with van der Waals surface area (Å²) in [6.45, 7) is 4.09. The Morgan fingerprint density at radius 3 is 2.71 bits per heavy atom. The number of hydrogen-bond acceptors (Lipinski definition) is 4. The maximum Gasteiger partial charge on any atom is 0.311 e. The van der Waals surface area contributed by atoms with Gasteiger partial charge in [-0.2, -0.15) is 0 Å². The molecule has 3 N–H and O–H groups in total. The molecule has 0 aromatic carbocycles. The molecule has 2 heterocycles. The lowest BCUT2D eigenvalue weighted by Gasteiger charge is -2.34. The number of carbonyl (C=O) groups excluding carboxylic acids is 1. The molecule has 2 rings (SSSR count). The Kier molecular flexibility index (Phi) is 5.58. The molecule has 2 fully saturated rings. The van der Waals surface area contributed by atoms with E-state index in [1.807, 2.05) is 0 Å². The number of piperidine rings is 1. The highest BCUT2D eigenvalue weighted by Gasteiger charge is 2.41. The zero-order chi connectivity index (χ0) is 15.3. The smallest absolute Gasteiger partial charge is 0.311 e. The van der Waals surface area contributed by atoms with Gasteiger partial charge in [0.15, 0.2) is 0 Å². The number of carboxylic acids is 1. The van der Waals surface area contributed by atoms with Gasteiger partial charge < -0.3 is 20.5 Å². The summed E-state index contributed by atoms with van der Waals surface area (Å²) in [5, 5.41) is 15.5. The molecule has 0 aromatic rings. The van der Waals surface area contributed by atoms with E-state index in [0.29, 0.717) is 32.0 Å². The Morgan fingerprint density at radius 1 is 1.38 bits per heavy atom. The van der Waals surface area contributed by atoms with E-state index in [4.69, 9.17) is 4.74 Å². The number of hydrogen-bond donors (Lipinski definition) is 3. The first kappa shape index (κ1) is 16.2. The van der Waals surface area contributed by atoms with Crippen LogP contribution in [0, 0.1) is 11.3 Å². The summed E-state index contributed by atoms with van der Waals surface area (Å²) in [5.74, 6) is -0.326. The third kappa shape index (κ3) is 3.95. The van der Waals surface area contributed by atoms with Gasteiger partial charge in [-0.1, -0.05) is 13.3 Å². The maximum atomic E-state index is 12.3. The molecule has 0 spiro atoms. The van der Waals surface area contributed by atoms with Crippen LogP contribution >= 0.6 is 0 Å². The van der Waals surface area contributed by atoms with Crippen molar-refractivity contribution in [3.05, 3.63) is 0 Å². The maximum absolute atomic E-state index is 12.3. The highest BCUT2D eigenvalue weighted by molar-refractivity contribution is 5.83. The normalized spacial score (nSPS) is 28.8. The van der Waals surface area contributed by atoms with Gasteiger partial charge in [0.2, 0.25) is 5.91 Å².